The third-order valence-electron chi connectivity index (χ3n) is 6.36. The second kappa shape index (κ2) is 10.3. The fraction of sp³-hybridized carbons (Fsp3) is 0.207. The second-order valence-corrected chi connectivity index (χ2v) is 8.69. The van der Waals surface area contributed by atoms with Crippen molar-refractivity contribution in [2.75, 3.05) is 16.3 Å². The van der Waals surface area contributed by atoms with Gasteiger partial charge in [-0.05, 0) is 28.8 Å². The lowest BCUT2D eigenvalue weighted by Gasteiger charge is -2.33. The first-order valence-electron chi connectivity index (χ1n) is 11.8. The van der Waals surface area contributed by atoms with Gasteiger partial charge in [0.25, 0.3) is 11.8 Å². The maximum absolute atomic E-state index is 13.7. The Morgan fingerprint density at radius 3 is 1.78 bits per heavy atom. The van der Waals surface area contributed by atoms with Crippen LogP contribution in [0.5, 0.6) is 0 Å². The molecule has 5 rings (SSSR count). The zero-order chi connectivity index (χ0) is 25.1. The number of anilines is 2. The first kappa shape index (κ1) is 23.7. The number of rotatable bonds is 9. The number of hydrogen-bond acceptors (Lipinski definition) is 5. The van der Waals surface area contributed by atoms with Gasteiger partial charge in [-0.15, -0.1) is 0 Å². The molecule has 2 unspecified atom stereocenters. The molecule has 182 valence electrons. The topological polar surface area (TPSA) is 76.2 Å². The molecule has 36 heavy (non-hydrogen) atoms. The van der Waals surface area contributed by atoms with Crippen molar-refractivity contribution in [1.82, 2.24) is 0 Å². The van der Waals surface area contributed by atoms with E-state index in [0.29, 0.717) is 24.3 Å². The van der Waals surface area contributed by atoms with E-state index in [1.807, 2.05) is 60.7 Å². The average Bonchev–Trinajstić information content (AvgIpc) is 3.14. The first-order valence-corrected chi connectivity index (χ1v) is 11.8. The summed E-state index contributed by atoms with van der Waals surface area (Å²) in [5, 5.41) is 0. The molecule has 0 aromatic heterocycles. The molecule has 3 amide bonds. The molecule has 2 atom stereocenters. The summed E-state index contributed by atoms with van der Waals surface area (Å²) in [5.41, 5.74) is 3.30. The van der Waals surface area contributed by atoms with E-state index in [1.165, 1.54) is 0 Å². The minimum atomic E-state index is -1.13. The summed E-state index contributed by atoms with van der Waals surface area (Å²) in [6, 6.07) is 24.1. The normalized spacial score (nSPS) is 19.5. The molecule has 3 aromatic carbocycles. The number of benzene rings is 3. The van der Waals surface area contributed by atoms with Gasteiger partial charge in [0.2, 0.25) is 5.91 Å². The number of carbonyl (C=O) groups is 3. The third kappa shape index (κ3) is 4.58. The van der Waals surface area contributed by atoms with Gasteiger partial charge in [0, 0.05) is 13.0 Å². The predicted octanol–water partition coefficient (Wildman–Crippen LogP) is 4.11. The molecule has 2 aliphatic rings. The van der Waals surface area contributed by atoms with Gasteiger partial charge >= 0.3 is 0 Å². The smallest absolute Gasteiger partial charge is 0.266 e. The Morgan fingerprint density at radius 1 is 0.778 bits per heavy atom. The summed E-state index contributed by atoms with van der Waals surface area (Å²) in [5.74, 6) is -1.11. The van der Waals surface area contributed by atoms with Crippen LogP contribution in [0.4, 0.5) is 11.4 Å². The molecule has 2 heterocycles. The lowest BCUT2D eigenvalue weighted by atomic mass is 10.1. The quantitative estimate of drug-likeness (QED) is 0.339. The van der Waals surface area contributed by atoms with Crippen molar-refractivity contribution in [2.24, 2.45) is 0 Å². The van der Waals surface area contributed by atoms with Crippen molar-refractivity contribution in [3.63, 3.8) is 0 Å². The van der Waals surface area contributed by atoms with Crippen LogP contribution in [0.15, 0.2) is 85.4 Å². The van der Waals surface area contributed by atoms with Crippen LogP contribution in [0.2, 0.25) is 0 Å². The molecular weight excluding hydrogens is 456 g/mol. The molecule has 0 bridgehead atoms. The maximum Gasteiger partial charge on any atom is 0.266 e. The molecule has 0 spiro atoms. The number of hydrogen-bond donors (Lipinski definition) is 0. The Kier molecular flexibility index (Phi) is 6.75. The Labute approximate surface area is 209 Å². The highest BCUT2D eigenvalue weighted by Gasteiger charge is 2.51. The van der Waals surface area contributed by atoms with Crippen LogP contribution < -0.4 is 9.80 Å². The SMILES string of the molecule is C=Cc1ccc(N2CCC2=O)c(N2C(=O)C(OCc3ccccc3)C(OCc3ccccc3)C2=O)c1. The number of β-lactam (4-membered cyclic amide) rings is 1. The van der Waals surface area contributed by atoms with E-state index in [2.05, 4.69) is 6.58 Å². The lowest BCUT2D eigenvalue weighted by molar-refractivity contribution is -0.142. The Morgan fingerprint density at radius 2 is 1.33 bits per heavy atom. The van der Waals surface area contributed by atoms with Crippen molar-refractivity contribution in [2.45, 2.75) is 31.8 Å². The number of amides is 3. The van der Waals surface area contributed by atoms with E-state index in [1.54, 1.807) is 29.2 Å². The van der Waals surface area contributed by atoms with Crippen LogP contribution in [-0.2, 0) is 37.1 Å². The van der Waals surface area contributed by atoms with Gasteiger partial charge in [-0.3, -0.25) is 14.4 Å². The summed E-state index contributed by atoms with van der Waals surface area (Å²) in [6.07, 6.45) is -0.207. The lowest BCUT2D eigenvalue weighted by Crippen LogP contribution is -2.45. The second-order valence-electron chi connectivity index (χ2n) is 8.69. The van der Waals surface area contributed by atoms with Crippen molar-refractivity contribution in [3.05, 3.63) is 102 Å². The predicted molar refractivity (Wildman–Crippen MR) is 136 cm³/mol. The third-order valence-corrected chi connectivity index (χ3v) is 6.36. The van der Waals surface area contributed by atoms with Crippen LogP contribution in [0.3, 0.4) is 0 Å². The summed E-state index contributed by atoms with van der Waals surface area (Å²) >= 11 is 0. The van der Waals surface area contributed by atoms with Gasteiger partial charge in [-0.1, -0.05) is 79.4 Å². The van der Waals surface area contributed by atoms with Gasteiger partial charge < -0.3 is 14.4 Å². The van der Waals surface area contributed by atoms with Gasteiger partial charge in [0.15, 0.2) is 12.2 Å². The molecular formula is C29H26N2O5. The number of imide groups is 1. The van der Waals surface area contributed by atoms with E-state index in [0.717, 1.165) is 21.6 Å². The highest BCUT2D eigenvalue weighted by molar-refractivity contribution is 6.26. The fourth-order valence-corrected chi connectivity index (χ4v) is 4.34. The molecule has 7 nitrogen and oxygen atoms in total. The van der Waals surface area contributed by atoms with Crippen LogP contribution in [0.1, 0.15) is 23.1 Å². The maximum atomic E-state index is 13.7. The molecule has 2 fully saturated rings. The fourth-order valence-electron chi connectivity index (χ4n) is 4.34. The standard InChI is InChI=1S/C29H26N2O5/c1-2-20-13-14-23(30-16-15-25(30)32)24(17-20)31-28(33)26(35-18-21-9-5-3-6-10-21)27(29(31)34)36-19-22-11-7-4-8-12-22/h2-14,17,26-27H,1,15-16,18-19H2. The summed E-state index contributed by atoms with van der Waals surface area (Å²) in [7, 11) is 0. The van der Waals surface area contributed by atoms with E-state index in [-0.39, 0.29) is 19.1 Å². The molecule has 3 aromatic rings. The van der Waals surface area contributed by atoms with E-state index >= 15 is 0 Å². The van der Waals surface area contributed by atoms with E-state index < -0.39 is 24.0 Å². The summed E-state index contributed by atoms with van der Waals surface area (Å²) in [6.45, 7) is 4.62. The van der Waals surface area contributed by atoms with Gasteiger partial charge in [0.1, 0.15) is 0 Å². The minimum Gasteiger partial charge on any atom is -0.360 e. The highest BCUT2D eigenvalue weighted by atomic mass is 16.6. The van der Waals surface area contributed by atoms with E-state index in [4.69, 9.17) is 9.47 Å². The van der Waals surface area contributed by atoms with Gasteiger partial charge in [-0.2, -0.15) is 0 Å². The average molecular weight is 483 g/mol. The van der Waals surface area contributed by atoms with Crippen molar-refractivity contribution in [1.29, 1.82) is 0 Å². The van der Waals surface area contributed by atoms with Crippen LogP contribution >= 0.6 is 0 Å². The Balaban J connectivity index is 1.48. The van der Waals surface area contributed by atoms with Crippen molar-refractivity contribution >= 4 is 35.2 Å². The van der Waals surface area contributed by atoms with Gasteiger partial charge in [0.05, 0.1) is 24.6 Å². The zero-order valence-corrected chi connectivity index (χ0v) is 19.7. The molecule has 2 aliphatic heterocycles. The minimum absolute atomic E-state index is 0.0598. The Bertz CT molecular complexity index is 1230. The highest BCUT2D eigenvalue weighted by Crippen LogP contribution is 2.38. The molecule has 2 saturated heterocycles. The molecule has 0 saturated carbocycles. The molecule has 7 heteroatoms. The van der Waals surface area contributed by atoms with E-state index in [9.17, 15) is 14.4 Å². The van der Waals surface area contributed by atoms with Crippen LogP contribution in [0.25, 0.3) is 6.08 Å². The number of ether oxygens (including phenoxy) is 2. The summed E-state index contributed by atoms with van der Waals surface area (Å²) in [4.78, 5) is 42.3. The zero-order valence-electron chi connectivity index (χ0n) is 19.7. The van der Waals surface area contributed by atoms with Crippen molar-refractivity contribution in [3.8, 4) is 0 Å². The van der Waals surface area contributed by atoms with Crippen LogP contribution in [0, 0.1) is 0 Å². The summed E-state index contributed by atoms with van der Waals surface area (Å²) < 4.78 is 12.0. The van der Waals surface area contributed by atoms with Crippen molar-refractivity contribution < 1.29 is 23.9 Å². The Hall–Kier alpha value is -4.07. The first-order chi connectivity index (χ1) is 17.6. The monoisotopic (exact) mass is 482 g/mol. The van der Waals surface area contributed by atoms with Gasteiger partial charge in [-0.25, -0.2) is 4.90 Å². The molecule has 0 N–H and O–H groups in total. The van der Waals surface area contributed by atoms with Crippen LogP contribution in [-0.4, -0.2) is 36.5 Å². The largest absolute Gasteiger partial charge is 0.360 e. The molecule has 0 aliphatic carbocycles. The number of nitrogens with zero attached hydrogens (tertiary/aromatic N) is 2. The number of carbonyl (C=O) groups excluding carboxylic acids is 3. The molecule has 0 radical (unpaired) electrons.